The highest BCUT2D eigenvalue weighted by molar-refractivity contribution is 5.86. The van der Waals surface area contributed by atoms with E-state index in [1.165, 1.54) is 0 Å². The van der Waals surface area contributed by atoms with Gasteiger partial charge >= 0.3 is 5.97 Å². The van der Waals surface area contributed by atoms with E-state index >= 15 is 0 Å². The summed E-state index contributed by atoms with van der Waals surface area (Å²) in [6.07, 6.45) is 9.71. The van der Waals surface area contributed by atoms with E-state index in [9.17, 15) is 19.8 Å². The maximum Gasteiger partial charge on any atom is 0.310 e. The van der Waals surface area contributed by atoms with Crippen LogP contribution in [0.2, 0.25) is 0 Å². The van der Waals surface area contributed by atoms with Crippen LogP contribution in [0.5, 0.6) is 0 Å². The first-order valence-corrected chi connectivity index (χ1v) is 14.1. The van der Waals surface area contributed by atoms with E-state index < -0.39 is 30.1 Å². The summed E-state index contributed by atoms with van der Waals surface area (Å²) in [4.78, 5) is 25.5. The van der Waals surface area contributed by atoms with Gasteiger partial charge in [0.05, 0.1) is 30.8 Å². The van der Waals surface area contributed by atoms with Crippen molar-refractivity contribution in [2.75, 3.05) is 13.2 Å². The number of Topliss-reactive ketones (excluding diaryl/α,β-unsaturated/α-hetero) is 1. The normalized spacial score (nSPS) is 41.7. The number of nitrogens with two attached hydrogens (primary N) is 2. The molecule has 4 saturated carbocycles. The largest absolute Gasteiger partial charge is 0.465 e. The van der Waals surface area contributed by atoms with Gasteiger partial charge in [0, 0.05) is 42.9 Å². The molecule has 8 nitrogen and oxygen atoms in total. The van der Waals surface area contributed by atoms with Gasteiger partial charge in [-0.2, -0.15) is 0 Å². The van der Waals surface area contributed by atoms with E-state index in [0.717, 1.165) is 77.0 Å². The highest BCUT2D eigenvalue weighted by atomic mass is 16.5. The Hall–Kier alpha value is -1.06. The van der Waals surface area contributed by atoms with Gasteiger partial charge in [-0.3, -0.25) is 9.59 Å². The maximum atomic E-state index is 13.3. The zero-order chi connectivity index (χ0) is 24.9. The van der Waals surface area contributed by atoms with Crippen molar-refractivity contribution in [3.63, 3.8) is 0 Å². The second kappa shape index (κ2) is 12.5. The molecule has 0 aliphatic heterocycles. The molecule has 9 unspecified atom stereocenters. The van der Waals surface area contributed by atoms with Crippen LogP contribution in [0.25, 0.3) is 0 Å². The van der Waals surface area contributed by atoms with Gasteiger partial charge in [-0.25, -0.2) is 0 Å². The molecule has 4 aliphatic carbocycles. The number of hydrogen-bond acceptors (Lipinski definition) is 8. The molecule has 4 fully saturated rings. The number of carbonyl (C=O) groups excluding carboxylic acids is 2. The quantitative estimate of drug-likeness (QED) is 0.282. The Labute approximate surface area is 209 Å². The summed E-state index contributed by atoms with van der Waals surface area (Å²) >= 11 is 0. The van der Waals surface area contributed by atoms with Gasteiger partial charge < -0.3 is 31.2 Å². The Kier molecular flexibility index (Phi) is 9.60. The van der Waals surface area contributed by atoms with Crippen LogP contribution in [0.15, 0.2) is 0 Å². The van der Waals surface area contributed by atoms with Gasteiger partial charge in [0.15, 0.2) is 0 Å². The summed E-state index contributed by atoms with van der Waals surface area (Å²) in [5, 5.41) is 21.8. The lowest BCUT2D eigenvalue weighted by Gasteiger charge is -2.53. The average molecular weight is 495 g/mol. The molecule has 0 aromatic rings. The fraction of sp³-hybridized carbons (Fsp3) is 0.926. The lowest BCUT2D eigenvalue weighted by Crippen LogP contribution is -2.65. The predicted octanol–water partition coefficient (Wildman–Crippen LogP) is 2.07. The smallest absolute Gasteiger partial charge is 0.310 e. The fourth-order valence-electron chi connectivity index (χ4n) is 7.26. The Balaban J connectivity index is 1.14. The number of hydrogen-bond donors (Lipinski definition) is 4. The molecule has 4 aliphatic rings. The zero-order valence-corrected chi connectivity index (χ0v) is 21.1. The summed E-state index contributed by atoms with van der Waals surface area (Å²) in [5.74, 6) is -1.31. The van der Waals surface area contributed by atoms with Crippen LogP contribution in [0.1, 0.15) is 83.5 Å². The fourth-order valence-corrected chi connectivity index (χ4v) is 7.26. The molecule has 0 heterocycles. The minimum absolute atomic E-state index is 0.0320. The van der Waals surface area contributed by atoms with Gasteiger partial charge in [-0.15, -0.1) is 0 Å². The molecule has 0 aromatic carbocycles. The molecule has 10 atom stereocenters. The van der Waals surface area contributed by atoms with Crippen molar-refractivity contribution in [1.29, 1.82) is 0 Å². The minimum atomic E-state index is -0.765. The first-order valence-electron chi connectivity index (χ1n) is 14.1. The molecule has 6 N–H and O–H groups in total. The molecule has 0 aromatic heterocycles. The third-order valence-corrected chi connectivity index (χ3v) is 9.26. The average Bonchev–Trinajstić information content (AvgIpc) is 2.86. The lowest BCUT2D eigenvalue weighted by molar-refractivity contribution is -0.174. The summed E-state index contributed by atoms with van der Waals surface area (Å²) in [7, 11) is 0. The number of aliphatic hydroxyl groups is 2. The number of carbonyl (C=O) groups is 2. The molecule has 0 spiro atoms. The molecular formula is C27H46N2O6. The molecule has 0 amide bonds. The number of rotatable bonds is 9. The molecule has 0 saturated heterocycles. The van der Waals surface area contributed by atoms with Crippen molar-refractivity contribution in [2.45, 2.75) is 114 Å². The Morgan fingerprint density at radius 3 is 2.37 bits per heavy atom. The van der Waals surface area contributed by atoms with Crippen molar-refractivity contribution in [3.05, 3.63) is 0 Å². The number of ether oxygens (including phenoxy) is 2. The number of fused-ring (bicyclic) bond motifs is 2. The Morgan fingerprint density at radius 2 is 1.60 bits per heavy atom. The van der Waals surface area contributed by atoms with E-state index in [1.54, 1.807) is 0 Å². The van der Waals surface area contributed by atoms with Crippen LogP contribution in [-0.2, 0) is 19.1 Å². The zero-order valence-electron chi connectivity index (χ0n) is 21.1. The second-order valence-electron chi connectivity index (χ2n) is 11.5. The maximum absolute atomic E-state index is 13.3. The van der Waals surface area contributed by atoms with Crippen LogP contribution < -0.4 is 11.5 Å². The minimum Gasteiger partial charge on any atom is -0.465 e. The van der Waals surface area contributed by atoms with E-state index in [2.05, 4.69) is 0 Å². The molecule has 4 rings (SSSR count). The monoisotopic (exact) mass is 494 g/mol. The molecular weight excluding hydrogens is 448 g/mol. The topological polar surface area (TPSA) is 145 Å². The van der Waals surface area contributed by atoms with Gasteiger partial charge in [-0.05, 0) is 50.9 Å². The lowest BCUT2D eigenvalue weighted by atomic mass is 9.55. The van der Waals surface area contributed by atoms with Crippen LogP contribution >= 0.6 is 0 Å². The van der Waals surface area contributed by atoms with Crippen LogP contribution in [0, 0.1) is 29.6 Å². The van der Waals surface area contributed by atoms with Gasteiger partial charge in [-0.1, -0.05) is 32.1 Å². The summed E-state index contributed by atoms with van der Waals surface area (Å²) in [6.45, 7) is 0.945. The van der Waals surface area contributed by atoms with Crippen molar-refractivity contribution in [2.24, 2.45) is 41.1 Å². The van der Waals surface area contributed by atoms with Crippen LogP contribution in [0.4, 0.5) is 0 Å². The molecule has 35 heavy (non-hydrogen) atoms. The molecule has 200 valence electrons. The summed E-state index contributed by atoms with van der Waals surface area (Å²) in [5.41, 5.74) is 12.6. The third kappa shape index (κ3) is 6.09. The summed E-state index contributed by atoms with van der Waals surface area (Å²) < 4.78 is 11.5. The number of unbranched alkanes of at least 4 members (excludes halogenated alkanes) is 3. The Morgan fingerprint density at radius 1 is 0.914 bits per heavy atom. The van der Waals surface area contributed by atoms with Crippen molar-refractivity contribution in [3.8, 4) is 0 Å². The van der Waals surface area contributed by atoms with Gasteiger partial charge in [0.25, 0.3) is 0 Å². The van der Waals surface area contributed by atoms with Crippen LogP contribution in [0.3, 0.4) is 0 Å². The number of esters is 1. The van der Waals surface area contributed by atoms with E-state index in [1.807, 2.05) is 0 Å². The van der Waals surface area contributed by atoms with Crippen molar-refractivity contribution in [1.82, 2.24) is 0 Å². The predicted molar refractivity (Wildman–Crippen MR) is 131 cm³/mol. The summed E-state index contributed by atoms with van der Waals surface area (Å²) in [6, 6.07) is -0.552. The van der Waals surface area contributed by atoms with E-state index in [4.69, 9.17) is 20.9 Å². The first kappa shape index (κ1) is 27.0. The standard InChI is InChI=1S/C27H46N2O6/c28-19-12-6-5-11-18(19)27(33)35-14-8-2-1-7-13-34-21-15-20(30)22-23(24(21)29)26(32)17-10-4-3-9-16(17)25(22)31/h16-25,30-31H,1-15,28-29H2/t16-,17?,18?,19?,20?,21?,22?,23?,24?,25?/m0/s1. The molecule has 0 radical (unpaired) electrons. The first-order chi connectivity index (χ1) is 16.9. The third-order valence-electron chi connectivity index (χ3n) is 9.26. The number of aliphatic hydroxyl groups excluding tert-OH is 2. The highest BCUT2D eigenvalue weighted by Gasteiger charge is 2.57. The van der Waals surface area contributed by atoms with Crippen molar-refractivity contribution < 1.29 is 29.3 Å². The molecule has 0 bridgehead atoms. The van der Waals surface area contributed by atoms with E-state index in [-0.39, 0.29) is 41.7 Å². The highest BCUT2D eigenvalue weighted by Crippen LogP contribution is 2.48. The Bertz CT molecular complexity index is 720. The number of ketones is 1. The molecule has 8 heteroatoms. The van der Waals surface area contributed by atoms with Gasteiger partial charge in [0.2, 0.25) is 0 Å². The SMILES string of the molecule is NC1CCCCC1C(=O)OCCCCCCOC1CC(O)C2C(C(=O)C3CCCC[C@@H]3C2O)C1N. The van der Waals surface area contributed by atoms with E-state index in [0.29, 0.717) is 19.6 Å². The second-order valence-corrected chi connectivity index (χ2v) is 11.5. The van der Waals surface area contributed by atoms with Crippen molar-refractivity contribution >= 4 is 11.8 Å². The van der Waals surface area contributed by atoms with Crippen LogP contribution in [-0.4, -0.2) is 65.6 Å². The van der Waals surface area contributed by atoms with Gasteiger partial charge in [0.1, 0.15) is 5.78 Å².